The van der Waals surface area contributed by atoms with Crippen LogP contribution in [0.1, 0.15) is 25.1 Å². The number of aryl methyl sites for hydroxylation is 1. The fourth-order valence-corrected chi connectivity index (χ4v) is 1.50. The third-order valence-corrected chi connectivity index (χ3v) is 2.14. The highest BCUT2D eigenvalue weighted by Crippen LogP contribution is 2.01. The Bertz CT molecular complexity index is 371. The van der Waals surface area contributed by atoms with E-state index in [-0.39, 0.29) is 11.4 Å². The third-order valence-electron chi connectivity index (χ3n) is 1.85. The van der Waals surface area contributed by atoms with Gasteiger partial charge in [-0.1, -0.05) is 13.8 Å². The van der Waals surface area contributed by atoms with Gasteiger partial charge in [0.2, 0.25) is 0 Å². The number of aromatic nitrogens is 2. The van der Waals surface area contributed by atoms with Crippen LogP contribution in [0.25, 0.3) is 0 Å². The molecule has 1 aromatic rings. The van der Waals surface area contributed by atoms with Crippen LogP contribution in [0.3, 0.4) is 0 Å². The molecule has 0 fully saturated rings. The average Bonchev–Trinajstić information content (AvgIpc) is 2.09. The zero-order valence-corrected chi connectivity index (χ0v) is 9.51. The zero-order chi connectivity index (χ0) is 10.7. The number of alkyl halides is 1. The lowest BCUT2D eigenvalue weighted by atomic mass is 10.2. The molecule has 0 saturated heterocycles. The van der Waals surface area contributed by atoms with Gasteiger partial charge in [-0.25, -0.2) is 4.68 Å². The first-order chi connectivity index (χ1) is 6.54. The molecule has 0 amide bonds. The molecule has 3 nitrogen and oxygen atoms in total. The summed E-state index contributed by atoms with van der Waals surface area (Å²) in [6.07, 6.45) is 0. The molecular weight excluding hydrogens is 200 g/mol. The summed E-state index contributed by atoms with van der Waals surface area (Å²) in [7, 11) is 0. The van der Waals surface area contributed by atoms with Crippen LogP contribution < -0.4 is 5.56 Å². The standard InChI is InChI=1S/C10H15ClN2O/c1-7(2)6-13-10(14)9(5-11)4-8(3)12-13/h4,7H,5-6H2,1-3H3. The Morgan fingerprint density at radius 1 is 1.57 bits per heavy atom. The van der Waals surface area contributed by atoms with Crippen molar-refractivity contribution in [2.45, 2.75) is 33.2 Å². The summed E-state index contributed by atoms with van der Waals surface area (Å²) in [5.41, 5.74) is 1.39. The van der Waals surface area contributed by atoms with Gasteiger partial charge in [0.1, 0.15) is 0 Å². The van der Waals surface area contributed by atoms with Crippen LogP contribution in [0.2, 0.25) is 0 Å². The molecule has 0 bridgehead atoms. The lowest BCUT2D eigenvalue weighted by molar-refractivity contribution is 0.458. The molecule has 0 aliphatic rings. The lowest BCUT2D eigenvalue weighted by Gasteiger charge is -2.09. The number of rotatable bonds is 3. The summed E-state index contributed by atoms with van der Waals surface area (Å²) in [6, 6.07) is 1.74. The van der Waals surface area contributed by atoms with E-state index in [2.05, 4.69) is 18.9 Å². The maximum absolute atomic E-state index is 11.7. The molecule has 0 unspecified atom stereocenters. The van der Waals surface area contributed by atoms with Crippen molar-refractivity contribution in [3.8, 4) is 0 Å². The topological polar surface area (TPSA) is 34.9 Å². The van der Waals surface area contributed by atoms with Gasteiger partial charge in [-0.3, -0.25) is 4.79 Å². The van der Waals surface area contributed by atoms with Gasteiger partial charge in [0, 0.05) is 12.1 Å². The van der Waals surface area contributed by atoms with E-state index in [0.717, 1.165) is 5.69 Å². The minimum Gasteiger partial charge on any atom is -0.267 e. The maximum atomic E-state index is 11.7. The molecule has 0 aliphatic heterocycles. The van der Waals surface area contributed by atoms with Crippen LogP contribution >= 0.6 is 11.6 Å². The minimum atomic E-state index is -0.0701. The van der Waals surface area contributed by atoms with Crippen LogP contribution in [0.4, 0.5) is 0 Å². The normalized spacial score (nSPS) is 10.9. The molecule has 0 aromatic carbocycles. The summed E-state index contributed by atoms with van der Waals surface area (Å²) in [5, 5.41) is 4.17. The van der Waals surface area contributed by atoms with Gasteiger partial charge < -0.3 is 0 Å². The Labute approximate surface area is 88.7 Å². The van der Waals surface area contributed by atoms with E-state index < -0.39 is 0 Å². The first-order valence-corrected chi connectivity index (χ1v) is 5.21. The monoisotopic (exact) mass is 214 g/mol. The quantitative estimate of drug-likeness (QED) is 0.721. The lowest BCUT2D eigenvalue weighted by Crippen LogP contribution is -2.28. The van der Waals surface area contributed by atoms with E-state index in [1.54, 1.807) is 6.07 Å². The molecule has 4 heteroatoms. The number of halogens is 1. The van der Waals surface area contributed by atoms with Gasteiger partial charge in [-0.15, -0.1) is 11.6 Å². The minimum absolute atomic E-state index is 0.0701. The Kier molecular flexibility index (Phi) is 3.69. The second-order valence-corrected chi connectivity index (χ2v) is 4.09. The summed E-state index contributed by atoms with van der Waals surface area (Å²) in [4.78, 5) is 11.7. The van der Waals surface area contributed by atoms with Crippen molar-refractivity contribution in [2.24, 2.45) is 5.92 Å². The first-order valence-electron chi connectivity index (χ1n) is 4.68. The van der Waals surface area contributed by atoms with Crippen molar-refractivity contribution in [1.29, 1.82) is 0 Å². The molecule has 14 heavy (non-hydrogen) atoms. The highest BCUT2D eigenvalue weighted by molar-refractivity contribution is 6.17. The van der Waals surface area contributed by atoms with Crippen molar-refractivity contribution < 1.29 is 0 Å². The van der Waals surface area contributed by atoms with E-state index >= 15 is 0 Å². The molecule has 1 heterocycles. The van der Waals surface area contributed by atoms with Crippen molar-refractivity contribution in [3.05, 3.63) is 27.7 Å². The molecule has 0 spiro atoms. The van der Waals surface area contributed by atoms with Gasteiger partial charge in [-0.05, 0) is 18.9 Å². The largest absolute Gasteiger partial charge is 0.271 e. The van der Waals surface area contributed by atoms with Crippen molar-refractivity contribution in [2.75, 3.05) is 0 Å². The molecule has 1 rings (SSSR count). The fourth-order valence-electron chi connectivity index (χ4n) is 1.31. The Hall–Kier alpha value is -0.830. The maximum Gasteiger partial charge on any atom is 0.271 e. The third kappa shape index (κ3) is 2.58. The van der Waals surface area contributed by atoms with Gasteiger partial charge >= 0.3 is 0 Å². The van der Waals surface area contributed by atoms with Crippen LogP contribution in [0.5, 0.6) is 0 Å². The second-order valence-electron chi connectivity index (χ2n) is 3.83. The Balaban J connectivity index is 3.16. The molecular formula is C10H15ClN2O. The summed E-state index contributed by atoms with van der Waals surface area (Å²) in [6.45, 7) is 6.62. The molecule has 0 saturated carbocycles. The molecule has 78 valence electrons. The zero-order valence-electron chi connectivity index (χ0n) is 8.75. The first kappa shape index (κ1) is 11.2. The number of nitrogens with zero attached hydrogens (tertiary/aromatic N) is 2. The van der Waals surface area contributed by atoms with E-state index in [4.69, 9.17) is 11.6 Å². The van der Waals surface area contributed by atoms with E-state index in [1.165, 1.54) is 4.68 Å². The predicted octanol–water partition coefficient (Wildman–Crippen LogP) is 1.95. The van der Waals surface area contributed by atoms with Crippen LogP contribution in [-0.2, 0) is 12.4 Å². The predicted molar refractivity (Wildman–Crippen MR) is 57.6 cm³/mol. The average molecular weight is 215 g/mol. The second kappa shape index (κ2) is 4.60. The highest BCUT2D eigenvalue weighted by atomic mass is 35.5. The van der Waals surface area contributed by atoms with Gasteiger partial charge in [0.15, 0.2) is 0 Å². The van der Waals surface area contributed by atoms with E-state index in [9.17, 15) is 4.79 Å². The van der Waals surface area contributed by atoms with Crippen molar-refractivity contribution in [3.63, 3.8) is 0 Å². The van der Waals surface area contributed by atoms with E-state index in [1.807, 2.05) is 6.92 Å². The molecule has 0 aliphatic carbocycles. The van der Waals surface area contributed by atoms with Gasteiger partial charge in [0.25, 0.3) is 5.56 Å². The SMILES string of the molecule is Cc1cc(CCl)c(=O)n(CC(C)C)n1. The van der Waals surface area contributed by atoms with Gasteiger partial charge in [-0.2, -0.15) is 5.10 Å². The van der Waals surface area contributed by atoms with Crippen molar-refractivity contribution in [1.82, 2.24) is 9.78 Å². The molecule has 1 aromatic heterocycles. The van der Waals surface area contributed by atoms with Gasteiger partial charge in [0.05, 0.1) is 11.6 Å². The summed E-state index contributed by atoms with van der Waals surface area (Å²) >= 11 is 5.67. The van der Waals surface area contributed by atoms with Crippen LogP contribution in [0, 0.1) is 12.8 Å². The fraction of sp³-hybridized carbons (Fsp3) is 0.600. The van der Waals surface area contributed by atoms with E-state index in [0.29, 0.717) is 18.0 Å². The van der Waals surface area contributed by atoms with Crippen LogP contribution in [-0.4, -0.2) is 9.78 Å². The van der Waals surface area contributed by atoms with Crippen LogP contribution in [0.15, 0.2) is 10.9 Å². The highest BCUT2D eigenvalue weighted by Gasteiger charge is 2.06. The molecule has 0 atom stereocenters. The Morgan fingerprint density at radius 3 is 2.71 bits per heavy atom. The smallest absolute Gasteiger partial charge is 0.267 e. The molecule has 0 N–H and O–H groups in total. The number of hydrogen-bond donors (Lipinski definition) is 0. The van der Waals surface area contributed by atoms with Crippen molar-refractivity contribution >= 4 is 11.6 Å². The Morgan fingerprint density at radius 2 is 2.21 bits per heavy atom. The summed E-state index contributed by atoms with van der Waals surface area (Å²) < 4.78 is 1.50. The molecule has 0 radical (unpaired) electrons. The number of hydrogen-bond acceptors (Lipinski definition) is 2. The summed E-state index contributed by atoms with van der Waals surface area (Å²) in [5.74, 6) is 0.658.